The summed E-state index contributed by atoms with van der Waals surface area (Å²) in [5, 5.41) is 12.9. The molecule has 1 aliphatic rings. The van der Waals surface area contributed by atoms with E-state index in [2.05, 4.69) is 17.0 Å². The van der Waals surface area contributed by atoms with Crippen molar-refractivity contribution in [1.29, 1.82) is 0 Å². The van der Waals surface area contributed by atoms with Crippen LogP contribution in [0, 0.1) is 5.92 Å². The lowest BCUT2D eigenvalue weighted by atomic mass is 10.1. The van der Waals surface area contributed by atoms with E-state index in [1.54, 1.807) is 4.90 Å². The fourth-order valence-electron chi connectivity index (χ4n) is 3.51. The van der Waals surface area contributed by atoms with Gasteiger partial charge in [0.25, 0.3) is 0 Å². The number of phenolic OH excluding ortho intramolecular Hbond substituents is 1. The van der Waals surface area contributed by atoms with Gasteiger partial charge in [0.05, 0.1) is 18.7 Å². The average Bonchev–Trinajstić information content (AvgIpc) is 3.15. The summed E-state index contributed by atoms with van der Waals surface area (Å²) in [6, 6.07) is 12.3. The first-order chi connectivity index (χ1) is 14.4. The molecule has 0 aliphatic carbocycles. The fourth-order valence-corrected chi connectivity index (χ4v) is 3.51. The zero-order valence-corrected chi connectivity index (χ0v) is 17.2. The van der Waals surface area contributed by atoms with Crippen LogP contribution < -0.4 is 10.2 Å². The number of aryl methyl sites for hydroxylation is 1. The molecule has 1 fully saturated rings. The molecular weight excluding hydrogens is 384 g/mol. The molecule has 7 nitrogen and oxygen atoms in total. The number of methoxy groups -OCH3 is 1. The predicted octanol–water partition coefficient (Wildman–Crippen LogP) is 3.51. The number of nitrogens with one attached hydrogen (secondary N) is 1. The molecule has 0 spiro atoms. The van der Waals surface area contributed by atoms with Gasteiger partial charge in [0.1, 0.15) is 5.56 Å². The van der Waals surface area contributed by atoms with Crippen molar-refractivity contribution in [3.05, 3.63) is 53.6 Å². The highest BCUT2D eigenvalue weighted by atomic mass is 16.5. The third-order valence-electron chi connectivity index (χ3n) is 5.26. The van der Waals surface area contributed by atoms with E-state index in [1.165, 1.54) is 30.9 Å². The summed E-state index contributed by atoms with van der Waals surface area (Å²) in [5.74, 6) is -2.13. The SMILES string of the molecule is CCCCc1ccc(N2CC(C(=O)Nc3cccc(C(=O)OC)c3O)CC2=O)cc1. The van der Waals surface area contributed by atoms with E-state index in [4.69, 9.17) is 0 Å². The number of rotatable bonds is 7. The number of unbranched alkanes of at least 4 members (excludes halogenated alkanes) is 1. The van der Waals surface area contributed by atoms with Gasteiger partial charge in [0, 0.05) is 18.7 Å². The number of carbonyl (C=O) groups is 3. The van der Waals surface area contributed by atoms with Gasteiger partial charge in [-0.25, -0.2) is 4.79 Å². The maximum absolute atomic E-state index is 12.7. The van der Waals surface area contributed by atoms with Crippen molar-refractivity contribution < 1.29 is 24.2 Å². The second kappa shape index (κ2) is 9.43. The largest absolute Gasteiger partial charge is 0.505 e. The summed E-state index contributed by atoms with van der Waals surface area (Å²) >= 11 is 0. The molecule has 2 aromatic carbocycles. The van der Waals surface area contributed by atoms with Crippen LogP contribution in [0.15, 0.2) is 42.5 Å². The summed E-state index contributed by atoms with van der Waals surface area (Å²) in [7, 11) is 1.21. The van der Waals surface area contributed by atoms with Crippen LogP contribution in [0.2, 0.25) is 0 Å². The molecule has 1 atom stereocenters. The Morgan fingerprint density at radius 1 is 1.20 bits per heavy atom. The molecule has 3 rings (SSSR count). The van der Waals surface area contributed by atoms with Crippen LogP contribution in [0.25, 0.3) is 0 Å². The van der Waals surface area contributed by atoms with Gasteiger partial charge < -0.3 is 20.1 Å². The first-order valence-electron chi connectivity index (χ1n) is 10.0. The maximum Gasteiger partial charge on any atom is 0.341 e. The highest BCUT2D eigenvalue weighted by molar-refractivity contribution is 6.05. The van der Waals surface area contributed by atoms with E-state index < -0.39 is 11.9 Å². The fraction of sp³-hybridized carbons (Fsp3) is 0.348. The molecule has 2 N–H and O–H groups in total. The van der Waals surface area contributed by atoms with Gasteiger partial charge >= 0.3 is 5.97 Å². The molecule has 0 radical (unpaired) electrons. The lowest BCUT2D eigenvalue weighted by Gasteiger charge is -2.17. The Morgan fingerprint density at radius 2 is 1.93 bits per heavy atom. The van der Waals surface area contributed by atoms with E-state index in [1.807, 2.05) is 24.3 Å². The lowest BCUT2D eigenvalue weighted by molar-refractivity contribution is -0.122. The number of ether oxygens (including phenoxy) is 1. The molecule has 2 aromatic rings. The number of aromatic hydroxyl groups is 1. The number of amides is 2. The highest BCUT2D eigenvalue weighted by Gasteiger charge is 2.35. The zero-order chi connectivity index (χ0) is 21.7. The Bertz CT molecular complexity index is 939. The summed E-state index contributed by atoms with van der Waals surface area (Å²) < 4.78 is 4.62. The normalized spacial score (nSPS) is 15.9. The molecule has 1 saturated heterocycles. The third-order valence-corrected chi connectivity index (χ3v) is 5.26. The first kappa shape index (κ1) is 21.4. The maximum atomic E-state index is 12.7. The van der Waals surface area contributed by atoms with Crippen molar-refractivity contribution in [2.45, 2.75) is 32.6 Å². The minimum atomic E-state index is -0.701. The van der Waals surface area contributed by atoms with Gasteiger partial charge in [-0.05, 0) is 42.7 Å². The van der Waals surface area contributed by atoms with Gasteiger partial charge in [-0.3, -0.25) is 9.59 Å². The Kier molecular flexibility index (Phi) is 6.72. The Hall–Kier alpha value is -3.35. The zero-order valence-electron chi connectivity index (χ0n) is 17.2. The molecule has 30 heavy (non-hydrogen) atoms. The van der Waals surface area contributed by atoms with E-state index >= 15 is 0 Å². The molecule has 1 heterocycles. The van der Waals surface area contributed by atoms with Crippen LogP contribution in [0.4, 0.5) is 11.4 Å². The van der Waals surface area contributed by atoms with Crippen molar-refractivity contribution in [2.24, 2.45) is 5.92 Å². The minimum absolute atomic E-state index is 0.0393. The summed E-state index contributed by atoms with van der Waals surface area (Å²) in [4.78, 5) is 38.5. The lowest BCUT2D eigenvalue weighted by Crippen LogP contribution is -2.28. The van der Waals surface area contributed by atoms with E-state index in [9.17, 15) is 19.5 Å². The predicted molar refractivity (Wildman–Crippen MR) is 114 cm³/mol. The van der Waals surface area contributed by atoms with E-state index in [0.29, 0.717) is 0 Å². The molecule has 0 saturated carbocycles. The number of hydrogen-bond acceptors (Lipinski definition) is 5. The molecular formula is C23H26N2O5. The smallest absolute Gasteiger partial charge is 0.341 e. The Labute approximate surface area is 175 Å². The number of phenols is 1. The number of para-hydroxylation sites is 1. The van der Waals surface area contributed by atoms with Crippen molar-refractivity contribution in [3.63, 3.8) is 0 Å². The van der Waals surface area contributed by atoms with Crippen molar-refractivity contribution in [3.8, 4) is 5.75 Å². The number of esters is 1. The van der Waals surface area contributed by atoms with Crippen LogP contribution in [0.3, 0.4) is 0 Å². The van der Waals surface area contributed by atoms with Gasteiger partial charge in [0.2, 0.25) is 11.8 Å². The Balaban J connectivity index is 1.68. The quantitative estimate of drug-likeness (QED) is 0.538. The van der Waals surface area contributed by atoms with Gasteiger partial charge in [-0.2, -0.15) is 0 Å². The molecule has 158 valence electrons. The van der Waals surface area contributed by atoms with Crippen LogP contribution >= 0.6 is 0 Å². The minimum Gasteiger partial charge on any atom is -0.505 e. The second-order valence-corrected chi connectivity index (χ2v) is 7.36. The summed E-state index contributed by atoms with van der Waals surface area (Å²) in [6.07, 6.45) is 3.33. The number of anilines is 2. The van der Waals surface area contributed by atoms with Crippen LogP contribution in [-0.2, 0) is 20.7 Å². The summed E-state index contributed by atoms with van der Waals surface area (Å²) in [6.45, 7) is 2.41. The molecule has 7 heteroatoms. The van der Waals surface area contributed by atoms with Crippen molar-refractivity contribution in [1.82, 2.24) is 0 Å². The molecule has 0 aromatic heterocycles. The first-order valence-corrected chi connectivity index (χ1v) is 10.0. The molecule has 1 unspecified atom stereocenters. The summed E-state index contributed by atoms with van der Waals surface area (Å²) in [5.41, 5.74) is 2.06. The van der Waals surface area contributed by atoms with Gasteiger partial charge in [-0.15, -0.1) is 0 Å². The number of carbonyl (C=O) groups excluding carboxylic acids is 3. The number of benzene rings is 2. The monoisotopic (exact) mass is 410 g/mol. The molecule has 2 amide bonds. The van der Waals surface area contributed by atoms with Crippen molar-refractivity contribution in [2.75, 3.05) is 23.9 Å². The van der Waals surface area contributed by atoms with E-state index in [-0.39, 0.29) is 41.8 Å². The topological polar surface area (TPSA) is 95.9 Å². The van der Waals surface area contributed by atoms with Gasteiger partial charge in [0.15, 0.2) is 5.75 Å². The average molecular weight is 410 g/mol. The number of nitrogens with zero attached hydrogens (tertiary/aromatic N) is 1. The third kappa shape index (κ3) is 4.62. The second-order valence-electron chi connectivity index (χ2n) is 7.36. The standard InChI is InChI=1S/C23H26N2O5/c1-3-4-6-15-9-11-17(12-10-15)25-14-16(13-20(25)26)22(28)24-19-8-5-7-18(21(19)27)23(29)30-2/h5,7-12,16,27H,3-4,6,13-14H2,1-2H3,(H,24,28). The highest BCUT2D eigenvalue weighted by Crippen LogP contribution is 2.30. The van der Waals surface area contributed by atoms with Crippen LogP contribution in [0.1, 0.15) is 42.1 Å². The van der Waals surface area contributed by atoms with E-state index in [0.717, 1.165) is 24.9 Å². The van der Waals surface area contributed by atoms with Crippen LogP contribution in [0.5, 0.6) is 5.75 Å². The van der Waals surface area contributed by atoms with Crippen LogP contribution in [-0.4, -0.2) is 36.5 Å². The molecule has 0 bridgehead atoms. The molecule has 1 aliphatic heterocycles. The van der Waals surface area contributed by atoms with Crippen molar-refractivity contribution >= 4 is 29.2 Å². The number of hydrogen-bond donors (Lipinski definition) is 2. The Morgan fingerprint density at radius 3 is 2.60 bits per heavy atom. The van der Waals surface area contributed by atoms with Gasteiger partial charge in [-0.1, -0.05) is 31.5 Å².